The summed E-state index contributed by atoms with van der Waals surface area (Å²) in [7, 11) is 0. The summed E-state index contributed by atoms with van der Waals surface area (Å²) in [4.78, 5) is 23.3. The molecule has 4 N–H and O–H groups in total. The average Bonchev–Trinajstić information content (AvgIpc) is 2.61. The quantitative estimate of drug-likeness (QED) is 0.305. The molecule has 1 atom stereocenters. The van der Waals surface area contributed by atoms with E-state index in [1.54, 1.807) is 24.3 Å². The van der Waals surface area contributed by atoms with Crippen molar-refractivity contribution in [3.05, 3.63) is 65.2 Å². The number of carboxylic acids is 1. The Labute approximate surface area is 182 Å². The Hall–Kier alpha value is -2.06. The lowest BCUT2D eigenvalue weighted by Gasteiger charge is -2.27. The molecule has 28 heavy (non-hydrogen) atoms. The molecule has 0 unspecified atom stereocenters. The molecule has 0 bridgehead atoms. The fourth-order valence-corrected chi connectivity index (χ4v) is 2.68. The maximum absolute atomic E-state index is 12.4. The van der Waals surface area contributed by atoms with Crippen molar-refractivity contribution < 1.29 is 14.7 Å². The van der Waals surface area contributed by atoms with Gasteiger partial charge in [-0.15, -0.1) is 0 Å². The summed E-state index contributed by atoms with van der Waals surface area (Å²) in [6, 6.07) is 12.8. The first kappa shape index (κ1) is 22.2. The minimum atomic E-state index is -1.89. The minimum absolute atomic E-state index is 0.0728. The van der Waals surface area contributed by atoms with Crippen molar-refractivity contribution in [2.75, 3.05) is 5.32 Å². The number of aryl methyl sites for hydroxylation is 1. The Morgan fingerprint density at radius 3 is 2.00 bits per heavy atom. The van der Waals surface area contributed by atoms with Gasteiger partial charge in [0, 0.05) is 11.3 Å². The normalized spacial score (nSPS) is 12.0. The molecule has 6 nitrogen and oxygen atoms in total. The molecule has 1 amide bonds. The highest BCUT2D eigenvalue weighted by Crippen LogP contribution is 2.29. The summed E-state index contributed by atoms with van der Waals surface area (Å²) in [6.07, 6.45) is -1.12. The first-order valence-corrected chi connectivity index (χ1v) is 9.45. The summed E-state index contributed by atoms with van der Waals surface area (Å²) in [5.74, 6) is -1.49. The number of carbonyl (C=O) groups is 2. The number of nitrogens with one attached hydrogen (secondary N) is 3. The molecular weight excluding hydrogens is 445 g/mol. The van der Waals surface area contributed by atoms with Gasteiger partial charge in [0.2, 0.25) is 3.79 Å². The molecule has 0 aromatic heterocycles. The molecule has 0 aliphatic carbocycles. The van der Waals surface area contributed by atoms with Crippen LogP contribution >= 0.6 is 47.0 Å². The molecule has 148 valence electrons. The van der Waals surface area contributed by atoms with Gasteiger partial charge in [0.05, 0.1) is 5.56 Å². The Kier molecular flexibility index (Phi) is 7.48. The van der Waals surface area contributed by atoms with E-state index in [0.29, 0.717) is 11.3 Å². The number of hydrogen-bond acceptors (Lipinski definition) is 3. The SMILES string of the molecule is Cc1ccc(C(=O)N[C@@H](NC(=S)Nc2ccc(C(=O)O)cc2)C(Cl)(Cl)Cl)cc1. The number of alkyl halides is 3. The summed E-state index contributed by atoms with van der Waals surface area (Å²) in [6.45, 7) is 1.90. The van der Waals surface area contributed by atoms with Crippen LogP contribution in [0, 0.1) is 6.92 Å². The predicted octanol–water partition coefficient (Wildman–Crippen LogP) is 4.11. The van der Waals surface area contributed by atoms with E-state index in [4.69, 9.17) is 52.1 Å². The number of thiocarbonyl (C=S) groups is 1. The van der Waals surface area contributed by atoms with Gasteiger partial charge in [-0.05, 0) is 55.5 Å². The Balaban J connectivity index is 2.04. The van der Waals surface area contributed by atoms with Gasteiger partial charge in [0.1, 0.15) is 6.17 Å². The highest BCUT2D eigenvalue weighted by atomic mass is 35.6. The van der Waals surface area contributed by atoms with Crippen LogP contribution in [0.1, 0.15) is 26.3 Å². The van der Waals surface area contributed by atoms with Crippen LogP contribution in [0.4, 0.5) is 5.69 Å². The van der Waals surface area contributed by atoms with Gasteiger partial charge in [-0.1, -0.05) is 52.5 Å². The zero-order valence-electron chi connectivity index (χ0n) is 14.5. The van der Waals surface area contributed by atoms with Crippen molar-refractivity contribution in [1.29, 1.82) is 0 Å². The molecule has 2 aromatic rings. The van der Waals surface area contributed by atoms with Gasteiger partial charge in [-0.25, -0.2) is 4.79 Å². The van der Waals surface area contributed by atoms with Crippen LogP contribution in [0.15, 0.2) is 48.5 Å². The van der Waals surface area contributed by atoms with Crippen molar-refractivity contribution in [3.63, 3.8) is 0 Å². The second-order valence-corrected chi connectivity index (χ2v) is 8.57. The fourth-order valence-electron chi connectivity index (χ4n) is 2.11. The third-order valence-corrected chi connectivity index (χ3v) is 4.46. The molecule has 0 spiro atoms. The van der Waals surface area contributed by atoms with E-state index in [9.17, 15) is 9.59 Å². The van der Waals surface area contributed by atoms with Crippen molar-refractivity contribution in [3.8, 4) is 0 Å². The lowest BCUT2D eigenvalue weighted by Crippen LogP contribution is -2.56. The largest absolute Gasteiger partial charge is 0.478 e. The van der Waals surface area contributed by atoms with Gasteiger partial charge in [-0.3, -0.25) is 4.79 Å². The maximum atomic E-state index is 12.4. The van der Waals surface area contributed by atoms with E-state index in [1.807, 2.05) is 6.92 Å². The van der Waals surface area contributed by atoms with E-state index in [1.165, 1.54) is 24.3 Å². The Bertz CT molecular complexity index is 868. The van der Waals surface area contributed by atoms with Crippen molar-refractivity contribution >= 4 is 69.7 Å². The second kappa shape index (κ2) is 9.43. The fraction of sp³-hybridized carbons (Fsp3) is 0.167. The number of hydrogen-bond donors (Lipinski definition) is 4. The lowest BCUT2D eigenvalue weighted by atomic mass is 10.1. The highest BCUT2D eigenvalue weighted by molar-refractivity contribution is 7.80. The van der Waals surface area contributed by atoms with Crippen molar-refractivity contribution in [2.24, 2.45) is 0 Å². The topological polar surface area (TPSA) is 90.5 Å². The molecule has 0 saturated carbocycles. The van der Waals surface area contributed by atoms with Crippen LogP contribution in [0.5, 0.6) is 0 Å². The smallest absolute Gasteiger partial charge is 0.335 e. The van der Waals surface area contributed by atoms with E-state index < -0.39 is 21.8 Å². The molecule has 0 fully saturated rings. The zero-order chi connectivity index (χ0) is 20.9. The molecular formula is C18H16Cl3N3O3S. The van der Waals surface area contributed by atoms with Gasteiger partial charge >= 0.3 is 5.97 Å². The Morgan fingerprint density at radius 1 is 0.964 bits per heavy atom. The number of aromatic carboxylic acids is 1. The first-order chi connectivity index (χ1) is 13.1. The Morgan fingerprint density at radius 2 is 1.50 bits per heavy atom. The number of carbonyl (C=O) groups excluding carboxylic acids is 1. The zero-order valence-corrected chi connectivity index (χ0v) is 17.6. The summed E-state index contributed by atoms with van der Waals surface area (Å²) >= 11 is 23.1. The number of anilines is 1. The van der Waals surface area contributed by atoms with E-state index in [0.717, 1.165) is 5.56 Å². The number of amides is 1. The molecule has 0 radical (unpaired) electrons. The van der Waals surface area contributed by atoms with Crippen LogP contribution in [-0.2, 0) is 0 Å². The molecule has 2 aromatic carbocycles. The first-order valence-electron chi connectivity index (χ1n) is 7.91. The molecule has 0 saturated heterocycles. The predicted molar refractivity (Wildman–Crippen MR) is 115 cm³/mol. The van der Waals surface area contributed by atoms with Crippen LogP contribution in [0.3, 0.4) is 0 Å². The number of halogens is 3. The molecule has 2 rings (SSSR count). The van der Waals surface area contributed by atoms with Crippen LogP contribution < -0.4 is 16.0 Å². The standard InChI is InChI=1S/C18H16Cl3N3O3S/c1-10-2-4-11(5-3-10)14(25)23-16(18(19,20)21)24-17(28)22-13-8-6-12(7-9-13)15(26)27/h2-9,16H,1H3,(H,23,25)(H,26,27)(H2,22,24,28)/t16-/m0/s1. The summed E-state index contributed by atoms with van der Waals surface area (Å²) in [5, 5.41) is 17.1. The number of carboxylic acid groups (broad SMARTS) is 1. The monoisotopic (exact) mass is 459 g/mol. The van der Waals surface area contributed by atoms with Crippen LogP contribution in [0.2, 0.25) is 0 Å². The minimum Gasteiger partial charge on any atom is -0.478 e. The van der Waals surface area contributed by atoms with Gasteiger partial charge in [0.15, 0.2) is 5.11 Å². The summed E-state index contributed by atoms with van der Waals surface area (Å²) in [5.41, 5.74) is 2.06. The van der Waals surface area contributed by atoms with Crippen molar-refractivity contribution in [2.45, 2.75) is 16.9 Å². The van der Waals surface area contributed by atoms with E-state index in [2.05, 4.69) is 16.0 Å². The molecule has 0 heterocycles. The highest BCUT2D eigenvalue weighted by Gasteiger charge is 2.34. The lowest BCUT2D eigenvalue weighted by molar-refractivity contribution is 0.0696. The molecule has 0 aliphatic rings. The molecule has 0 aliphatic heterocycles. The van der Waals surface area contributed by atoms with Crippen LogP contribution in [-0.4, -0.2) is 32.1 Å². The maximum Gasteiger partial charge on any atom is 0.335 e. The number of benzene rings is 2. The van der Waals surface area contributed by atoms with Gasteiger partial charge < -0.3 is 21.1 Å². The molecule has 10 heteroatoms. The third-order valence-electron chi connectivity index (χ3n) is 3.58. The third kappa shape index (κ3) is 6.53. The van der Waals surface area contributed by atoms with Gasteiger partial charge in [0.25, 0.3) is 5.91 Å². The van der Waals surface area contributed by atoms with E-state index in [-0.39, 0.29) is 10.7 Å². The van der Waals surface area contributed by atoms with E-state index >= 15 is 0 Å². The van der Waals surface area contributed by atoms with Crippen molar-refractivity contribution in [1.82, 2.24) is 10.6 Å². The average molecular weight is 461 g/mol. The number of rotatable bonds is 5. The summed E-state index contributed by atoms with van der Waals surface area (Å²) < 4.78 is -1.89. The second-order valence-electron chi connectivity index (χ2n) is 5.80. The van der Waals surface area contributed by atoms with Gasteiger partial charge in [-0.2, -0.15) is 0 Å². The van der Waals surface area contributed by atoms with Crippen LogP contribution in [0.25, 0.3) is 0 Å².